The van der Waals surface area contributed by atoms with Gasteiger partial charge in [-0.3, -0.25) is 0 Å². The Hall–Kier alpha value is -0.890. The van der Waals surface area contributed by atoms with Crippen LogP contribution in [0.4, 0.5) is 4.39 Å². The molecule has 0 fully saturated rings. The van der Waals surface area contributed by atoms with Crippen molar-refractivity contribution in [2.24, 2.45) is 11.7 Å². The summed E-state index contributed by atoms with van der Waals surface area (Å²) in [5.74, 6) is 0.908. The molecule has 0 spiro atoms. The Kier molecular flexibility index (Phi) is 5.47. The van der Waals surface area contributed by atoms with Crippen LogP contribution in [0.15, 0.2) is 24.3 Å². The molecule has 1 nitrogen and oxygen atoms in total. The monoisotopic (exact) mass is 223 g/mol. The number of nitrogens with two attached hydrogens (primary N) is 1. The number of rotatable bonds is 6. The summed E-state index contributed by atoms with van der Waals surface area (Å²) in [4.78, 5) is 0. The van der Waals surface area contributed by atoms with E-state index in [1.165, 1.54) is 25.0 Å². The zero-order valence-electron chi connectivity index (χ0n) is 10.2. The van der Waals surface area contributed by atoms with Crippen molar-refractivity contribution in [3.63, 3.8) is 0 Å². The van der Waals surface area contributed by atoms with Crippen LogP contribution in [0.1, 0.15) is 44.6 Å². The minimum atomic E-state index is -0.179. The van der Waals surface area contributed by atoms with E-state index in [1.54, 1.807) is 0 Å². The normalized spacial score (nSPS) is 13.1. The number of hydrogen-bond acceptors (Lipinski definition) is 1. The minimum Gasteiger partial charge on any atom is -0.330 e. The molecule has 1 atom stereocenters. The van der Waals surface area contributed by atoms with Gasteiger partial charge in [-0.2, -0.15) is 0 Å². The quantitative estimate of drug-likeness (QED) is 0.782. The molecule has 1 aromatic rings. The van der Waals surface area contributed by atoms with E-state index in [0.717, 1.165) is 17.9 Å². The lowest BCUT2D eigenvalue weighted by atomic mass is 9.86. The van der Waals surface area contributed by atoms with Gasteiger partial charge in [0, 0.05) is 0 Å². The predicted octanol–water partition coefficient (Wildman–Crippen LogP) is 3.69. The molecule has 16 heavy (non-hydrogen) atoms. The SMILES string of the molecule is CCC(CC)CC(CN)c1ccc(F)cc1. The molecule has 2 heteroatoms. The standard InChI is InChI=1S/C14H22FN/c1-3-11(4-2)9-13(10-16)12-5-7-14(15)8-6-12/h5-8,11,13H,3-4,9-10,16H2,1-2H3. The predicted molar refractivity (Wildman–Crippen MR) is 66.9 cm³/mol. The third kappa shape index (κ3) is 3.60. The van der Waals surface area contributed by atoms with Crippen molar-refractivity contribution in [2.45, 2.75) is 39.0 Å². The van der Waals surface area contributed by atoms with Gasteiger partial charge in [-0.15, -0.1) is 0 Å². The molecule has 90 valence electrons. The lowest BCUT2D eigenvalue weighted by Gasteiger charge is -2.20. The first-order valence-electron chi connectivity index (χ1n) is 6.16. The average molecular weight is 223 g/mol. The first-order chi connectivity index (χ1) is 7.71. The summed E-state index contributed by atoms with van der Waals surface area (Å²) in [6, 6.07) is 6.75. The Labute approximate surface area is 97.9 Å². The van der Waals surface area contributed by atoms with Gasteiger partial charge < -0.3 is 5.73 Å². The van der Waals surface area contributed by atoms with E-state index in [9.17, 15) is 4.39 Å². The zero-order valence-corrected chi connectivity index (χ0v) is 10.2. The molecule has 0 saturated carbocycles. The molecule has 1 unspecified atom stereocenters. The fraction of sp³-hybridized carbons (Fsp3) is 0.571. The van der Waals surface area contributed by atoms with Crippen molar-refractivity contribution in [2.75, 3.05) is 6.54 Å². The van der Waals surface area contributed by atoms with Crippen molar-refractivity contribution in [3.8, 4) is 0 Å². The van der Waals surface area contributed by atoms with Crippen molar-refractivity contribution in [1.29, 1.82) is 0 Å². The largest absolute Gasteiger partial charge is 0.330 e. The van der Waals surface area contributed by atoms with Gasteiger partial charge >= 0.3 is 0 Å². The third-order valence-corrected chi connectivity index (χ3v) is 3.40. The molecule has 0 aliphatic carbocycles. The Morgan fingerprint density at radius 2 is 1.69 bits per heavy atom. The summed E-state index contributed by atoms with van der Waals surface area (Å²) in [7, 11) is 0. The maximum absolute atomic E-state index is 12.8. The van der Waals surface area contributed by atoms with Gasteiger partial charge in [0.2, 0.25) is 0 Å². The van der Waals surface area contributed by atoms with E-state index >= 15 is 0 Å². The molecule has 0 aromatic heterocycles. The molecule has 0 aliphatic rings. The number of halogens is 1. The van der Waals surface area contributed by atoms with Gasteiger partial charge in [-0.1, -0.05) is 38.8 Å². The van der Waals surface area contributed by atoms with Gasteiger partial charge in [0.25, 0.3) is 0 Å². The Bertz CT molecular complexity index is 290. The van der Waals surface area contributed by atoms with Crippen LogP contribution in [-0.2, 0) is 0 Å². The highest BCUT2D eigenvalue weighted by Gasteiger charge is 2.14. The molecule has 0 bridgehead atoms. The molecule has 1 rings (SSSR count). The van der Waals surface area contributed by atoms with Crippen LogP contribution in [-0.4, -0.2) is 6.54 Å². The van der Waals surface area contributed by atoms with Crippen molar-refractivity contribution >= 4 is 0 Å². The van der Waals surface area contributed by atoms with Crippen LogP contribution in [0.2, 0.25) is 0 Å². The smallest absolute Gasteiger partial charge is 0.123 e. The second kappa shape index (κ2) is 6.64. The second-order valence-corrected chi connectivity index (χ2v) is 4.40. The van der Waals surface area contributed by atoms with Crippen LogP contribution in [0.25, 0.3) is 0 Å². The van der Waals surface area contributed by atoms with Gasteiger partial charge in [-0.05, 0) is 42.5 Å². The summed E-state index contributed by atoms with van der Waals surface area (Å²) >= 11 is 0. The molecule has 0 heterocycles. The topological polar surface area (TPSA) is 26.0 Å². The van der Waals surface area contributed by atoms with Crippen LogP contribution >= 0.6 is 0 Å². The summed E-state index contributed by atoms with van der Waals surface area (Å²) in [6.45, 7) is 5.07. The fourth-order valence-corrected chi connectivity index (χ4v) is 2.13. The maximum atomic E-state index is 12.8. The van der Waals surface area contributed by atoms with Crippen LogP contribution < -0.4 is 5.73 Å². The maximum Gasteiger partial charge on any atom is 0.123 e. The van der Waals surface area contributed by atoms with Crippen molar-refractivity contribution in [1.82, 2.24) is 0 Å². The number of hydrogen-bond donors (Lipinski definition) is 1. The summed E-state index contributed by atoms with van der Waals surface area (Å²) in [5, 5.41) is 0. The van der Waals surface area contributed by atoms with E-state index in [2.05, 4.69) is 13.8 Å². The lowest BCUT2D eigenvalue weighted by Crippen LogP contribution is -2.16. The van der Waals surface area contributed by atoms with E-state index in [4.69, 9.17) is 5.73 Å². The van der Waals surface area contributed by atoms with E-state index in [0.29, 0.717) is 12.5 Å². The van der Waals surface area contributed by atoms with E-state index in [-0.39, 0.29) is 5.82 Å². The molecule has 0 amide bonds. The molecular weight excluding hydrogens is 201 g/mol. The Balaban J connectivity index is 2.70. The zero-order chi connectivity index (χ0) is 12.0. The second-order valence-electron chi connectivity index (χ2n) is 4.40. The van der Waals surface area contributed by atoms with Gasteiger partial charge in [0.15, 0.2) is 0 Å². The molecular formula is C14H22FN. The Morgan fingerprint density at radius 1 is 1.12 bits per heavy atom. The summed E-state index contributed by atoms with van der Waals surface area (Å²) in [5.41, 5.74) is 6.97. The molecule has 1 aromatic carbocycles. The Morgan fingerprint density at radius 3 is 2.12 bits per heavy atom. The highest BCUT2D eigenvalue weighted by molar-refractivity contribution is 5.20. The lowest BCUT2D eigenvalue weighted by molar-refractivity contribution is 0.412. The van der Waals surface area contributed by atoms with E-state index < -0.39 is 0 Å². The van der Waals surface area contributed by atoms with Gasteiger partial charge in [-0.25, -0.2) is 4.39 Å². The van der Waals surface area contributed by atoms with Crippen molar-refractivity contribution in [3.05, 3.63) is 35.6 Å². The van der Waals surface area contributed by atoms with Crippen LogP contribution in [0.3, 0.4) is 0 Å². The fourth-order valence-electron chi connectivity index (χ4n) is 2.13. The van der Waals surface area contributed by atoms with Crippen LogP contribution in [0, 0.1) is 11.7 Å². The average Bonchev–Trinajstić information content (AvgIpc) is 2.32. The summed E-state index contributed by atoms with van der Waals surface area (Å²) in [6.07, 6.45) is 3.48. The third-order valence-electron chi connectivity index (χ3n) is 3.40. The first-order valence-corrected chi connectivity index (χ1v) is 6.16. The highest BCUT2D eigenvalue weighted by atomic mass is 19.1. The molecule has 0 saturated heterocycles. The molecule has 0 aliphatic heterocycles. The highest BCUT2D eigenvalue weighted by Crippen LogP contribution is 2.26. The van der Waals surface area contributed by atoms with Gasteiger partial charge in [0.05, 0.1) is 0 Å². The summed E-state index contributed by atoms with van der Waals surface area (Å²) < 4.78 is 12.8. The van der Waals surface area contributed by atoms with E-state index in [1.807, 2.05) is 12.1 Å². The first kappa shape index (κ1) is 13.2. The van der Waals surface area contributed by atoms with Crippen LogP contribution in [0.5, 0.6) is 0 Å². The molecule has 0 radical (unpaired) electrons. The van der Waals surface area contributed by atoms with Gasteiger partial charge in [0.1, 0.15) is 5.82 Å². The molecule has 2 N–H and O–H groups in total. The number of benzene rings is 1. The minimum absolute atomic E-state index is 0.179. The van der Waals surface area contributed by atoms with Crippen molar-refractivity contribution < 1.29 is 4.39 Å².